The lowest BCUT2D eigenvalue weighted by Crippen LogP contribution is -2.42. The van der Waals surface area contributed by atoms with E-state index in [0.717, 1.165) is 19.4 Å². The largest absolute Gasteiger partial charge is 0.481 e. The van der Waals surface area contributed by atoms with Crippen LogP contribution in [0.4, 0.5) is 0 Å². The van der Waals surface area contributed by atoms with Gasteiger partial charge in [0.1, 0.15) is 0 Å². The number of Topliss-reactive ketones (excluding diaryl/α,β-unsaturated/α-hetero) is 1. The Morgan fingerprint density at radius 2 is 2.06 bits per heavy atom. The molecular weight excluding hydrogens is 244 g/mol. The van der Waals surface area contributed by atoms with E-state index < -0.39 is 12.0 Å². The maximum absolute atomic E-state index is 11.8. The average Bonchev–Trinajstić information content (AvgIpc) is 2.25. The average molecular weight is 265 g/mol. The summed E-state index contributed by atoms with van der Waals surface area (Å²) in [6, 6.07) is -0.608. The van der Waals surface area contributed by atoms with Crippen LogP contribution in [0.15, 0.2) is 0 Å². The summed E-state index contributed by atoms with van der Waals surface area (Å²) < 4.78 is 0. The van der Waals surface area contributed by atoms with Crippen molar-refractivity contribution in [3.63, 3.8) is 0 Å². The summed E-state index contributed by atoms with van der Waals surface area (Å²) in [5.74, 6) is -0.439. The number of nitrogens with zero attached hydrogens (tertiary/aromatic N) is 1. The summed E-state index contributed by atoms with van der Waals surface area (Å²) in [5.41, 5.74) is 0. The molecule has 0 saturated carbocycles. The number of likely N-dealkylation sites (N-methyl/N-ethyl adjacent to an activating group) is 2. The Hall–Kier alpha value is -0.650. The summed E-state index contributed by atoms with van der Waals surface area (Å²) in [4.78, 5) is 24.2. The molecule has 0 bridgehead atoms. The monoisotopic (exact) mass is 264 g/mol. The number of aliphatic carboxylic acids is 1. The molecule has 0 aliphatic rings. The molecular formula is C11H21ClN2O3. The van der Waals surface area contributed by atoms with Crippen molar-refractivity contribution in [2.24, 2.45) is 0 Å². The van der Waals surface area contributed by atoms with Gasteiger partial charge in [-0.3, -0.25) is 14.5 Å². The first-order valence-corrected chi connectivity index (χ1v) is 6.21. The van der Waals surface area contributed by atoms with E-state index in [1.54, 1.807) is 7.05 Å². The van der Waals surface area contributed by atoms with Crippen LogP contribution in [0, 0.1) is 0 Å². The molecule has 0 aromatic heterocycles. The van der Waals surface area contributed by atoms with Crippen molar-refractivity contribution in [3.05, 3.63) is 0 Å². The lowest BCUT2D eigenvalue weighted by atomic mass is 10.1. The standard InChI is InChI=1S/C11H21ClN2O3/c1-13-9(7-11(16)17)10(15)8-14(2)6-4-3-5-12/h9,13H,3-8H2,1-2H3,(H,16,17). The second-order valence-corrected chi connectivity index (χ2v) is 4.42. The predicted octanol–water partition coefficient (Wildman–Crippen LogP) is 0.569. The number of hydrogen-bond donors (Lipinski definition) is 2. The Morgan fingerprint density at radius 3 is 2.53 bits per heavy atom. The molecule has 0 aromatic rings. The highest BCUT2D eigenvalue weighted by Gasteiger charge is 2.20. The van der Waals surface area contributed by atoms with Crippen LogP contribution in [0.25, 0.3) is 0 Å². The van der Waals surface area contributed by atoms with Crippen molar-refractivity contribution >= 4 is 23.4 Å². The molecule has 0 aromatic carbocycles. The SMILES string of the molecule is CNC(CC(=O)O)C(=O)CN(C)CCCCCl. The number of rotatable bonds is 10. The molecule has 0 spiro atoms. The van der Waals surface area contributed by atoms with E-state index in [-0.39, 0.29) is 18.7 Å². The first kappa shape index (κ1) is 16.4. The fraction of sp³-hybridized carbons (Fsp3) is 0.818. The minimum absolute atomic E-state index is 0.0942. The summed E-state index contributed by atoms with van der Waals surface area (Å²) in [5, 5.41) is 11.4. The number of carbonyl (C=O) groups is 2. The van der Waals surface area contributed by atoms with Crippen LogP contribution in [0.5, 0.6) is 0 Å². The molecule has 0 aliphatic heterocycles. The fourth-order valence-corrected chi connectivity index (χ4v) is 1.67. The highest BCUT2D eigenvalue weighted by atomic mass is 35.5. The van der Waals surface area contributed by atoms with Gasteiger partial charge in [-0.2, -0.15) is 0 Å². The molecule has 17 heavy (non-hydrogen) atoms. The second kappa shape index (κ2) is 9.39. The van der Waals surface area contributed by atoms with Gasteiger partial charge in [0.05, 0.1) is 19.0 Å². The maximum Gasteiger partial charge on any atom is 0.305 e. The van der Waals surface area contributed by atoms with Crippen molar-refractivity contribution in [2.75, 3.05) is 33.1 Å². The zero-order valence-electron chi connectivity index (χ0n) is 10.4. The van der Waals surface area contributed by atoms with Crippen molar-refractivity contribution in [1.82, 2.24) is 10.2 Å². The van der Waals surface area contributed by atoms with Gasteiger partial charge >= 0.3 is 5.97 Å². The van der Waals surface area contributed by atoms with Crippen LogP contribution >= 0.6 is 11.6 Å². The molecule has 0 amide bonds. The molecule has 0 aliphatic carbocycles. The molecule has 0 rings (SSSR count). The number of carboxylic acid groups (broad SMARTS) is 1. The summed E-state index contributed by atoms with van der Waals surface area (Å²) in [7, 11) is 3.44. The van der Waals surface area contributed by atoms with Crippen LogP contribution in [0.3, 0.4) is 0 Å². The number of hydrogen-bond acceptors (Lipinski definition) is 4. The minimum atomic E-state index is -0.970. The van der Waals surface area contributed by atoms with Gasteiger partial charge in [0.15, 0.2) is 5.78 Å². The Morgan fingerprint density at radius 1 is 1.41 bits per heavy atom. The smallest absolute Gasteiger partial charge is 0.305 e. The van der Waals surface area contributed by atoms with Crippen LogP contribution < -0.4 is 5.32 Å². The van der Waals surface area contributed by atoms with Crippen LogP contribution in [0.1, 0.15) is 19.3 Å². The summed E-state index contributed by atoms with van der Waals surface area (Å²) >= 11 is 5.56. The minimum Gasteiger partial charge on any atom is -0.481 e. The summed E-state index contributed by atoms with van der Waals surface area (Å²) in [6.07, 6.45) is 1.69. The quantitative estimate of drug-likeness (QED) is 0.446. The zero-order valence-corrected chi connectivity index (χ0v) is 11.2. The lowest BCUT2D eigenvalue weighted by Gasteiger charge is -2.19. The van der Waals surface area contributed by atoms with Crippen LogP contribution in [-0.2, 0) is 9.59 Å². The highest BCUT2D eigenvalue weighted by Crippen LogP contribution is 1.99. The molecule has 100 valence electrons. The third-order valence-electron chi connectivity index (χ3n) is 2.47. The number of carboxylic acids is 1. The lowest BCUT2D eigenvalue weighted by molar-refractivity contribution is -0.139. The Bertz CT molecular complexity index is 249. The Kier molecular flexibility index (Phi) is 9.03. The van der Waals surface area contributed by atoms with Crippen molar-refractivity contribution in [2.45, 2.75) is 25.3 Å². The topological polar surface area (TPSA) is 69.6 Å². The van der Waals surface area contributed by atoms with Crippen LogP contribution in [-0.4, -0.2) is 60.9 Å². The van der Waals surface area contributed by atoms with E-state index in [1.807, 2.05) is 11.9 Å². The number of ketones is 1. The second-order valence-electron chi connectivity index (χ2n) is 4.04. The zero-order chi connectivity index (χ0) is 13.3. The summed E-state index contributed by atoms with van der Waals surface area (Å²) in [6.45, 7) is 1.06. The number of unbranched alkanes of at least 4 members (excludes halogenated alkanes) is 1. The first-order valence-electron chi connectivity index (χ1n) is 5.67. The van der Waals surface area contributed by atoms with Gasteiger partial charge in [-0.1, -0.05) is 0 Å². The maximum atomic E-state index is 11.8. The van der Waals surface area contributed by atoms with Crippen molar-refractivity contribution in [3.8, 4) is 0 Å². The molecule has 2 N–H and O–H groups in total. The number of alkyl halides is 1. The van der Waals surface area contributed by atoms with E-state index in [4.69, 9.17) is 16.7 Å². The van der Waals surface area contributed by atoms with Crippen molar-refractivity contribution in [1.29, 1.82) is 0 Å². The van der Waals surface area contributed by atoms with E-state index in [1.165, 1.54) is 0 Å². The normalized spacial score (nSPS) is 12.7. The number of nitrogens with one attached hydrogen (secondary N) is 1. The van der Waals surface area contributed by atoms with Gasteiger partial charge in [-0.05, 0) is 33.5 Å². The van der Waals surface area contributed by atoms with E-state index in [0.29, 0.717) is 5.88 Å². The molecule has 5 nitrogen and oxygen atoms in total. The van der Waals surface area contributed by atoms with Gasteiger partial charge in [0.25, 0.3) is 0 Å². The number of carbonyl (C=O) groups excluding carboxylic acids is 1. The van der Waals surface area contributed by atoms with Gasteiger partial charge in [-0.15, -0.1) is 11.6 Å². The van der Waals surface area contributed by atoms with E-state index in [9.17, 15) is 9.59 Å². The molecule has 1 unspecified atom stereocenters. The fourth-order valence-electron chi connectivity index (χ4n) is 1.48. The molecule has 1 atom stereocenters. The van der Waals surface area contributed by atoms with Gasteiger partial charge < -0.3 is 10.4 Å². The Balaban J connectivity index is 3.99. The Labute approximate surface area is 107 Å². The van der Waals surface area contributed by atoms with Crippen molar-refractivity contribution < 1.29 is 14.7 Å². The molecule has 0 radical (unpaired) electrons. The van der Waals surface area contributed by atoms with Gasteiger partial charge in [0.2, 0.25) is 0 Å². The number of halogens is 1. The third-order valence-corrected chi connectivity index (χ3v) is 2.73. The molecule has 0 saturated heterocycles. The highest BCUT2D eigenvalue weighted by molar-refractivity contribution is 6.17. The van der Waals surface area contributed by atoms with Gasteiger partial charge in [-0.25, -0.2) is 0 Å². The predicted molar refractivity (Wildman–Crippen MR) is 67.6 cm³/mol. The van der Waals surface area contributed by atoms with E-state index in [2.05, 4.69) is 5.32 Å². The van der Waals surface area contributed by atoms with E-state index >= 15 is 0 Å². The molecule has 0 fully saturated rings. The third kappa shape index (κ3) is 8.12. The van der Waals surface area contributed by atoms with Crippen LogP contribution in [0.2, 0.25) is 0 Å². The first-order chi connectivity index (χ1) is 8.01. The van der Waals surface area contributed by atoms with Gasteiger partial charge in [0, 0.05) is 5.88 Å². The molecule has 0 heterocycles. The molecule has 6 heteroatoms.